The highest BCUT2D eigenvalue weighted by Crippen LogP contribution is 2.17. The largest absolute Gasteiger partial charge is 0.396 e. The zero-order valence-corrected chi connectivity index (χ0v) is 9.81. The lowest BCUT2D eigenvalue weighted by atomic mass is 10.1. The minimum absolute atomic E-state index is 0.00743. The second-order valence-corrected chi connectivity index (χ2v) is 4.24. The van der Waals surface area contributed by atoms with Gasteiger partial charge in [-0.1, -0.05) is 19.1 Å². The Morgan fingerprint density at radius 3 is 3.06 bits per heavy atom. The van der Waals surface area contributed by atoms with Crippen LogP contribution in [0.25, 0.3) is 0 Å². The molecule has 1 aromatic rings. The van der Waals surface area contributed by atoms with Crippen molar-refractivity contribution in [3.8, 4) is 0 Å². The fourth-order valence-electron chi connectivity index (χ4n) is 1.92. The fraction of sp³-hybridized carbons (Fsp3) is 0.500. The first kappa shape index (κ1) is 11.9. The lowest BCUT2D eigenvalue weighted by molar-refractivity contribution is 0.0936. The van der Waals surface area contributed by atoms with Gasteiger partial charge >= 0.3 is 0 Å². The van der Waals surface area contributed by atoms with Crippen LogP contribution in [0.2, 0.25) is 0 Å². The SMILES string of the molecule is CCc1ncc(C(=O)N[C@@H]2C=C[C@H](CO)C2)[nH]1. The third kappa shape index (κ3) is 2.74. The zero-order chi connectivity index (χ0) is 12.3. The van der Waals surface area contributed by atoms with E-state index in [-0.39, 0.29) is 24.5 Å². The summed E-state index contributed by atoms with van der Waals surface area (Å²) in [5.74, 6) is 0.823. The van der Waals surface area contributed by atoms with Crippen molar-refractivity contribution in [3.05, 3.63) is 29.9 Å². The van der Waals surface area contributed by atoms with Gasteiger partial charge in [0, 0.05) is 25.0 Å². The Morgan fingerprint density at radius 2 is 2.47 bits per heavy atom. The van der Waals surface area contributed by atoms with Crippen molar-refractivity contribution in [2.24, 2.45) is 5.92 Å². The predicted molar refractivity (Wildman–Crippen MR) is 63.6 cm³/mol. The average molecular weight is 235 g/mol. The smallest absolute Gasteiger partial charge is 0.269 e. The van der Waals surface area contributed by atoms with Crippen LogP contribution in [0.15, 0.2) is 18.3 Å². The molecule has 2 atom stereocenters. The Morgan fingerprint density at radius 1 is 1.65 bits per heavy atom. The van der Waals surface area contributed by atoms with Crippen LogP contribution in [0.3, 0.4) is 0 Å². The number of nitrogens with one attached hydrogen (secondary N) is 2. The van der Waals surface area contributed by atoms with E-state index >= 15 is 0 Å². The van der Waals surface area contributed by atoms with Gasteiger partial charge in [0.15, 0.2) is 0 Å². The quantitative estimate of drug-likeness (QED) is 0.670. The maximum atomic E-state index is 11.8. The van der Waals surface area contributed by atoms with E-state index in [2.05, 4.69) is 15.3 Å². The predicted octanol–water partition coefficient (Wildman–Crippen LogP) is 0.639. The van der Waals surface area contributed by atoms with Crippen molar-refractivity contribution in [1.29, 1.82) is 0 Å². The summed E-state index contributed by atoms with van der Waals surface area (Å²) in [5.41, 5.74) is 0.489. The molecule has 0 saturated heterocycles. The Hall–Kier alpha value is -1.62. The molecule has 0 fully saturated rings. The molecule has 92 valence electrons. The van der Waals surface area contributed by atoms with Crippen molar-refractivity contribution >= 4 is 5.91 Å². The number of nitrogens with zero attached hydrogens (tertiary/aromatic N) is 1. The molecular weight excluding hydrogens is 218 g/mol. The van der Waals surface area contributed by atoms with Crippen LogP contribution in [0, 0.1) is 5.92 Å². The van der Waals surface area contributed by atoms with Gasteiger partial charge in [-0.15, -0.1) is 0 Å². The molecule has 5 heteroatoms. The summed E-state index contributed by atoms with van der Waals surface area (Å²) >= 11 is 0. The lowest BCUT2D eigenvalue weighted by Crippen LogP contribution is -2.33. The number of aliphatic hydroxyl groups is 1. The molecule has 0 aliphatic heterocycles. The number of aromatic amines is 1. The van der Waals surface area contributed by atoms with Gasteiger partial charge in [-0.05, 0) is 6.42 Å². The number of hydrogen-bond acceptors (Lipinski definition) is 3. The van der Waals surface area contributed by atoms with Gasteiger partial charge in [-0.25, -0.2) is 4.98 Å². The Balaban J connectivity index is 1.91. The maximum absolute atomic E-state index is 11.8. The minimum atomic E-state index is -0.148. The van der Waals surface area contributed by atoms with E-state index in [0.29, 0.717) is 5.69 Å². The third-order valence-electron chi connectivity index (χ3n) is 2.93. The first-order valence-electron chi connectivity index (χ1n) is 5.86. The van der Waals surface area contributed by atoms with E-state index in [0.717, 1.165) is 18.7 Å². The molecule has 1 aliphatic rings. The van der Waals surface area contributed by atoms with E-state index in [4.69, 9.17) is 5.11 Å². The normalized spacial score (nSPS) is 22.9. The summed E-state index contributed by atoms with van der Waals surface area (Å²) in [4.78, 5) is 18.9. The van der Waals surface area contributed by atoms with Crippen molar-refractivity contribution in [2.75, 3.05) is 6.61 Å². The highest BCUT2D eigenvalue weighted by atomic mass is 16.3. The van der Waals surface area contributed by atoms with Crippen molar-refractivity contribution in [1.82, 2.24) is 15.3 Å². The zero-order valence-electron chi connectivity index (χ0n) is 9.81. The first-order chi connectivity index (χ1) is 8.22. The number of carbonyl (C=O) groups is 1. The Bertz CT molecular complexity index is 425. The van der Waals surface area contributed by atoms with E-state index < -0.39 is 0 Å². The molecule has 1 heterocycles. The van der Waals surface area contributed by atoms with Crippen LogP contribution in [-0.2, 0) is 6.42 Å². The monoisotopic (exact) mass is 235 g/mol. The molecule has 0 spiro atoms. The molecule has 1 aromatic heterocycles. The second kappa shape index (κ2) is 5.14. The van der Waals surface area contributed by atoms with Crippen LogP contribution in [0.5, 0.6) is 0 Å². The first-order valence-corrected chi connectivity index (χ1v) is 5.86. The van der Waals surface area contributed by atoms with Crippen molar-refractivity contribution in [2.45, 2.75) is 25.8 Å². The second-order valence-electron chi connectivity index (χ2n) is 4.24. The molecule has 0 saturated carbocycles. The topological polar surface area (TPSA) is 78.0 Å². The van der Waals surface area contributed by atoms with Crippen LogP contribution in [0.4, 0.5) is 0 Å². The van der Waals surface area contributed by atoms with E-state index in [1.807, 2.05) is 19.1 Å². The molecule has 0 bridgehead atoms. The summed E-state index contributed by atoms with van der Waals surface area (Å²) in [5, 5.41) is 11.9. The fourth-order valence-corrected chi connectivity index (χ4v) is 1.92. The molecular formula is C12H17N3O2. The number of aromatic nitrogens is 2. The van der Waals surface area contributed by atoms with Crippen LogP contribution < -0.4 is 5.32 Å². The number of rotatable bonds is 4. The summed E-state index contributed by atoms with van der Waals surface area (Å²) in [6.07, 6.45) is 6.96. The summed E-state index contributed by atoms with van der Waals surface area (Å²) in [7, 11) is 0. The Labute approximate surface area is 100.0 Å². The van der Waals surface area contributed by atoms with Gasteiger partial charge in [-0.3, -0.25) is 4.79 Å². The molecule has 17 heavy (non-hydrogen) atoms. The van der Waals surface area contributed by atoms with E-state index in [9.17, 15) is 4.79 Å². The summed E-state index contributed by atoms with van der Waals surface area (Å²) < 4.78 is 0. The third-order valence-corrected chi connectivity index (χ3v) is 2.93. The summed E-state index contributed by atoms with van der Waals surface area (Å²) in [6.45, 7) is 2.11. The van der Waals surface area contributed by atoms with Gasteiger partial charge in [0.05, 0.1) is 6.20 Å². The maximum Gasteiger partial charge on any atom is 0.269 e. The van der Waals surface area contributed by atoms with Crippen molar-refractivity contribution < 1.29 is 9.90 Å². The lowest BCUT2D eigenvalue weighted by Gasteiger charge is -2.11. The summed E-state index contributed by atoms with van der Waals surface area (Å²) in [6, 6.07) is 0.00743. The molecule has 0 unspecified atom stereocenters. The molecule has 5 nitrogen and oxygen atoms in total. The standard InChI is InChI=1S/C12H17N3O2/c1-2-11-13-6-10(15-11)12(17)14-9-4-3-8(5-9)7-16/h3-4,6,8-9,16H,2,5,7H2,1H3,(H,13,15)(H,14,17)/t8-,9+/m0/s1. The number of aliphatic hydroxyl groups excluding tert-OH is 1. The number of hydrogen-bond donors (Lipinski definition) is 3. The molecule has 0 radical (unpaired) electrons. The van der Waals surface area contributed by atoms with Gasteiger partial charge in [0.2, 0.25) is 0 Å². The van der Waals surface area contributed by atoms with Crippen molar-refractivity contribution in [3.63, 3.8) is 0 Å². The molecule has 0 aromatic carbocycles. The number of H-pyrrole nitrogens is 1. The highest BCUT2D eigenvalue weighted by molar-refractivity contribution is 5.92. The Kier molecular flexibility index (Phi) is 3.58. The highest BCUT2D eigenvalue weighted by Gasteiger charge is 2.20. The van der Waals surface area contributed by atoms with Gasteiger partial charge in [0.25, 0.3) is 5.91 Å². The van der Waals surface area contributed by atoms with E-state index in [1.165, 1.54) is 0 Å². The number of amides is 1. The number of aryl methyl sites for hydroxylation is 1. The van der Waals surface area contributed by atoms with Gasteiger partial charge < -0.3 is 15.4 Å². The molecule has 1 aliphatic carbocycles. The van der Waals surface area contributed by atoms with Crippen LogP contribution >= 0.6 is 0 Å². The van der Waals surface area contributed by atoms with Crippen LogP contribution in [-0.4, -0.2) is 33.6 Å². The number of carbonyl (C=O) groups excluding carboxylic acids is 1. The number of imidazole rings is 1. The van der Waals surface area contributed by atoms with E-state index in [1.54, 1.807) is 6.20 Å². The minimum Gasteiger partial charge on any atom is -0.396 e. The van der Waals surface area contributed by atoms with Gasteiger partial charge in [-0.2, -0.15) is 0 Å². The van der Waals surface area contributed by atoms with Crippen LogP contribution in [0.1, 0.15) is 29.7 Å². The molecule has 2 rings (SSSR count). The van der Waals surface area contributed by atoms with Gasteiger partial charge in [0.1, 0.15) is 11.5 Å². The molecule has 3 N–H and O–H groups in total. The molecule has 1 amide bonds. The average Bonchev–Trinajstić information content (AvgIpc) is 2.96.